The smallest absolute Gasteiger partial charge is 0.271 e. The van der Waals surface area contributed by atoms with Gasteiger partial charge >= 0.3 is 0 Å². The SMILES string of the molecule is COc1ccc(S(=O)(=O)Nc2cc([N+](=O)[O-])ccc2O)cc1NC(C)=O. The molecule has 0 saturated carbocycles. The van der Waals surface area contributed by atoms with Crippen molar-refractivity contribution in [3.8, 4) is 11.5 Å². The normalized spacial score (nSPS) is 10.8. The number of hydrogen-bond acceptors (Lipinski definition) is 7. The van der Waals surface area contributed by atoms with Gasteiger partial charge in [-0.05, 0) is 24.3 Å². The van der Waals surface area contributed by atoms with Gasteiger partial charge in [-0.1, -0.05) is 0 Å². The number of carbonyl (C=O) groups is 1. The van der Waals surface area contributed by atoms with E-state index in [9.17, 15) is 28.4 Å². The van der Waals surface area contributed by atoms with Crippen molar-refractivity contribution in [2.45, 2.75) is 11.8 Å². The van der Waals surface area contributed by atoms with E-state index in [-0.39, 0.29) is 22.0 Å². The first-order valence-corrected chi connectivity index (χ1v) is 8.58. The number of nitrogens with one attached hydrogen (secondary N) is 2. The highest BCUT2D eigenvalue weighted by Crippen LogP contribution is 2.32. The van der Waals surface area contributed by atoms with Gasteiger partial charge in [-0.15, -0.1) is 0 Å². The molecule has 0 heterocycles. The summed E-state index contributed by atoms with van der Waals surface area (Å²) >= 11 is 0. The summed E-state index contributed by atoms with van der Waals surface area (Å²) in [5.74, 6) is -0.658. The molecule has 0 aliphatic carbocycles. The van der Waals surface area contributed by atoms with Crippen LogP contribution in [0.4, 0.5) is 17.1 Å². The summed E-state index contributed by atoms with van der Waals surface area (Å²) in [5.41, 5.74) is -0.614. The van der Waals surface area contributed by atoms with Gasteiger partial charge in [-0.3, -0.25) is 19.6 Å². The molecule has 10 nitrogen and oxygen atoms in total. The molecule has 11 heteroatoms. The molecule has 1 amide bonds. The minimum atomic E-state index is -4.20. The minimum Gasteiger partial charge on any atom is -0.506 e. The number of phenols is 1. The fourth-order valence-electron chi connectivity index (χ4n) is 2.06. The molecule has 0 spiro atoms. The maximum Gasteiger partial charge on any atom is 0.271 e. The van der Waals surface area contributed by atoms with Crippen molar-refractivity contribution in [1.29, 1.82) is 0 Å². The second-order valence-corrected chi connectivity index (χ2v) is 6.79. The third-order valence-corrected chi connectivity index (χ3v) is 4.59. The van der Waals surface area contributed by atoms with Gasteiger partial charge in [0, 0.05) is 19.1 Å². The molecule has 0 radical (unpaired) electrons. The summed E-state index contributed by atoms with van der Waals surface area (Å²) < 4.78 is 32.2. The van der Waals surface area contributed by atoms with Gasteiger partial charge in [-0.2, -0.15) is 0 Å². The lowest BCUT2D eigenvalue weighted by molar-refractivity contribution is -0.384. The van der Waals surface area contributed by atoms with Crippen LogP contribution in [0.5, 0.6) is 11.5 Å². The van der Waals surface area contributed by atoms with E-state index < -0.39 is 32.3 Å². The molecular weight excluding hydrogens is 366 g/mol. The van der Waals surface area contributed by atoms with Gasteiger partial charge in [0.1, 0.15) is 11.5 Å². The Kier molecular flexibility index (Phi) is 5.31. The third kappa shape index (κ3) is 4.19. The van der Waals surface area contributed by atoms with Gasteiger partial charge in [0.2, 0.25) is 5.91 Å². The fourth-order valence-corrected chi connectivity index (χ4v) is 3.16. The molecule has 2 aromatic carbocycles. The highest BCUT2D eigenvalue weighted by Gasteiger charge is 2.20. The van der Waals surface area contributed by atoms with Crippen LogP contribution in [0.3, 0.4) is 0 Å². The van der Waals surface area contributed by atoms with Crippen molar-refractivity contribution in [3.63, 3.8) is 0 Å². The second kappa shape index (κ2) is 7.27. The second-order valence-electron chi connectivity index (χ2n) is 5.11. The lowest BCUT2D eigenvalue weighted by atomic mass is 10.2. The fraction of sp³-hybridized carbons (Fsp3) is 0.133. The zero-order valence-corrected chi connectivity index (χ0v) is 14.5. The first-order chi connectivity index (χ1) is 12.1. The quantitative estimate of drug-likeness (QED) is 0.394. The number of amides is 1. The largest absolute Gasteiger partial charge is 0.506 e. The van der Waals surface area contributed by atoms with Crippen LogP contribution < -0.4 is 14.8 Å². The minimum absolute atomic E-state index is 0.131. The van der Waals surface area contributed by atoms with E-state index in [1.807, 2.05) is 0 Å². The number of sulfonamides is 1. The first-order valence-electron chi connectivity index (χ1n) is 7.10. The molecular formula is C15H15N3O7S. The molecule has 2 aromatic rings. The van der Waals surface area contributed by atoms with E-state index in [0.717, 1.165) is 24.3 Å². The average Bonchev–Trinajstić information content (AvgIpc) is 2.55. The number of nitro groups is 1. The van der Waals surface area contributed by atoms with Crippen LogP contribution in [0.1, 0.15) is 6.92 Å². The van der Waals surface area contributed by atoms with Crippen molar-refractivity contribution < 1.29 is 28.0 Å². The number of aromatic hydroxyl groups is 1. The van der Waals surface area contributed by atoms with Crippen LogP contribution in [-0.4, -0.2) is 31.5 Å². The number of nitro benzene ring substituents is 1. The van der Waals surface area contributed by atoms with Crippen molar-refractivity contribution in [2.24, 2.45) is 0 Å². The van der Waals surface area contributed by atoms with Crippen LogP contribution in [-0.2, 0) is 14.8 Å². The Morgan fingerprint density at radius 2 is 1.88 bits per heavy atom. The lowest BCUT2D eigenvalue weighted by Crippen LogP contribution is -2.14. The number of phenolic OH excluding ortho intramolecular Hbond substituents is 1. The zero-order valence-electron chi connectivity index (χ0n) is 13.7. The Morgan fingerprint density at radius 3 is 2.46 bits per heavy atom. The average molecular weight is 381 g/mol. The van der Waals surface area contributed by atoms with Crippen LogP contribution in [0, 0.1) is 10.1 Å². The number of rotatable bonds is 6. The van der Waals surface area contributed by atoms with Gasteiger partial charge in [0.05, 0.1) is 28.3 Å². The van der Waals surface area contributed by atoms with E-state index in [2.05, 4.69) is 10.0 Å². The number of nitrogens with zero attached hydrogens (tertiary/aromatic N) is 1. The van der Waals surface area contributed by atoms with E-state index >= 15 is 0 Å². The zero-order chi connectivity index (χ0) is 19.5. The van der Waals surface area contributed by atoms with E-state index in [1.54, 1.807) is 0 Å². The molecule has 0 aromatic heterocycles. The monoisotopic (exact) mass is 381 g/mol. The molecule has 138 valence electrons. The molecule has 26 heavy (non-hydrogen) atoms. The van der Waals surface area contributed by atoms with E-state index in [0.29, 0.717) is 0 Å². The lowest BCUT2D eigenvalue weighted by Gasteiger charge is -2.13. The molecule has 0 aliphatic rings. The van der Waals surface area contributed by atoms with Gasteiger partial charge in [0.25, 0.3) is 15.7 Å². The number of methoxy groups -OCH3 is 1. The number of anilines is 2. The predicted molar refractivity (Wildman–Crippen MR) is 92.9 cm³/mol. The van der Waals surface area contributed by atoms with Crippen LogP contribution >= 0.6 is 0 Å². The summed E-state index contributed by atoms with van der Waals surface area (Å²) in [7, 11) is -2.85. The van der Waals surface area contributed by atoms with Crippen molar-refractivity contribution in [1.82, 2.24) is 0 Å². The number of ether oxygens (including phenoxy) is 1. The molecule has 0 bridgehead atoms. The highest BCUT2D eigenvalue weighted by molar-refractivity contribution is 7.92. The Morgan fingerprint density at radius 1 is 1.19 bits per heavy atom. The van der Waals surface area contributed by atoms with Crippen molar-refractivity contribution >= 4 is 33.0 Å². The Bertz CT molecular complexity index is 973. The molecule has 3 N–H and O–H groups in total. The van der Waals surface area contributed by atoms with E-state index in [1.165, 1.54) is 26.2 Å². The molecule has 2 rings (SSSR count). The van der Waals surface area contributed by atoms with Crippen molar-refractivity contribution in [2.75, 3.05) is 17.1 Å². The summed E-state index contributed by atoms with van der Waals surface area (Å²) in [6.45, 7) is 1.25. The topological polar surface area (TPSA) is 148 Å². The molecule has 0 fully saturated rings. The summed E-state index contributed by atoms with van der Waals surface area (Å²) in [5, 5.41) is 23.0. The van der Waals surface area contributed by atoms with E-state index in [4.69, 9.17) is 4.74 Å². The first kappa shape index (κ1) is 19.0. The summed E-state index contributed by atoms with van der Waals surface area (Å²) in [6.07, 6.45) is 0. The van der Waals surface area contributed by atoms with Gasteiger partial charge < -0.3 is 15.2 Å². The third-order valence-electron chi connectivity index (χ3n) is 3.23. The predicted octanol–water partition coefficient (Wildman–Crippen LogP) is 2.07. The number of non-ortho nitro benzene ring substituents is 1. The summed E-state index contributed by atoms with van der Waals surface area (Å²) in [6, 6.07) is 6.66. The Balaban J connectivity index is 2.43. The Hall–Kier alpha value is -3.34. The number of hydrogen-bond donors (Lipinski definition) is 3. The van der Waals surface area contributed by atoms with Gasteiger partial charge in [0.15, 0.2) is 0 Å². The number of carbonyl (C=O) groups excluding carboxylic acids is 1. The molecule has 0 saturated heterocycles. The maximum atomic E-state index is 12.5. The summed E-state index contributed by atoms with van der Waals surface area (Å²) in [4.78, 5) is 21.1. The standard InChI is InChI=1S/C15H15N3O7S/c1-9(19)16-13-8-11(4-6-15(13)25-2)26(23,24)17-12-7-10(18(21)22)3-5-14(12)20/h3-8,17,20H,1-2H3,(H,16,19). The van der Waals surface area contributed by atoms with Crippen LogP contribution in [0.2, 0.25) is 0 Å². The van der Waals surface area contributed by atoms with Crippen LogP contribution in [0.15, 0.2) is 41.3 Å². The van der Waals surface area contributed by atoms with Crippen LogP contribution in [0.25, 0.3) is 0 Å². The molecule has 0 aliphatic heterocycles. The van der Waals surface area contributed by atoms with Crippen molar-refractivity contribution in [3.05, 3.63) is 46.5 Å². The van der Waals surface area contributed by atoms with Gasteiger partial charge in [-0.25, -0.2) is 8.42 Å². The Labute approximate surface area is 148 Å². The molecule has 0 atom stereocenters. The maximum absolute atomic E-state index is 12.5. The molecule has 0 unspecified atom stereocenters. The highest BCUT2D eigenvalue weighted by atomic mass is 32.2. The number of benzene rings is 2.